The molecule has 8 heteroatoms. The number of phenols is 1. The van der Waals surface area contributed by atoms with Gasteiger partial charge in [0.2, 0.25) is 5.91 Å². The number of phenolic OH excluding ortho intramolecular Hbond substituents is 1. The van der Waals surface area contributed by atoms with Crippen molar-refractivity contribution in [3.8, 4) is 5.75 Å². The summed E-state index contributed by atoms with van der Waals surface area (Å²) in [5.41, 5.74) is -0.0377. The zero-order valence-corrected chi connectivity index (χ0v) is 11.7. The van der Waals surface area contributed by atoms with Crippen LogP contribution in [0.15, 0.2) is 18.2 Å². The second-order valence-corrected chi connectivity index (χ2v) is 4.29. The second kappa shape index (κ2) is 7.22. The van der Waals surface area contributed by atoms with E-state index in [-0.39, 0.29) is 13.0 Å². The third kappa shape index (κ3) is 4.75. The van der Waals surface area contributed by atoms with E-state index in [0.29, 0.717) is 5.56 Å². The predicted octanol–water partition coefficient (Wildman–Crippen LogP) is 0.911. The maximum atomic E-state index is 11.7. The van der Waals surface area contributed by atoms with Gasteiger partial charge in [0.25, 0.3) is 0 Å². The van der Waals surface area contributed by atoms with E-state index in [1.807, 2.05) is 0 Å². The zero-order valence-electron chi connectivity index (χ0n) is 11.7. The van der Waals surface area contributed by atoms with Gasteiger partial charge in [0, 0.05) is 19.4 Å². The van der Waals surface area contributed by atoms with Crippen LogP contribution in [0.3, 0.4) is 0 Å². The standard InChI is InChI=1S/C13H16N2O6/c1-3-21-13(18)10(14-8(2)16)6-9-4-5-12(17)11(7-9)15(19)20/h4-5,7,10,17H,3,6H2,1-2H3,(H,14,16)/t10-/m0/s1. The number of hydrogen-bond donors (Lipinski definition) is 2. The SMILES string of the molecule is CCOC(=O)[C@H](Cc1ccc(O)c([N+](=O)[O-])c1)NC(C)=O. The van der Waals surface area contributed by atoms with E-state index < -0.39 is 34.3 Å². The number of rotatable bonds is 6. The van der Waals surface area contributed by atoms with Crippen molar-refractivity contribution in [2.75, 3.05) is 6.61 Å². The van der Waals surface area contributed by atoms with Crippen molar-refractivity contribution in [1.82, 2.24) is 5.32 Å². The number of aromatic hydroxyl groups is 1. The number of ether oxygens (including phenoxy) is 1. The quantitative estimate of drug-likeness (QED) is 0.457. The van der Waals surface area contributed by atoms with Gasteiger partial charge in [-0.15, -0.1) is 0 Å². The van der Waals surface area contributed by atoms with Crippen LogP contribution in [0.2, 0.25) is 0 Å². The molecule has 21 heavy (non-hydrogen) atoms. The van der Waals surface area contributed by atoms with E-state index in [1.165, 1.54) is 19.1 Å². The van der Waals surface area contributed by atoms with Crippen LogP contribution < -0.4 is 5.32 Å². The summed E-state index contributed by atoms with van der Waals surface area (Å²) >= 11 is 0. The molecule has 114 valence electrons. The molecule has 0 unspecified atom stereocenters. The van der Waals surface area contributed by atoms with Gasteiger partial charge in [-0.25, -0.2) is 4.79 Å². The molecule has 0 radical (unpaired) electrons. The lowest BCUT2D eigenvalue weighted by Crippen LogP contribution is -2.42. The number of esters is 1. The Labute approximate surface area is 120 Å². The molecule has 1 aromatic rings. The van der Waals surface area contributed by atoms with Crippen molar-refractivity contribution >= 4 is 17.6 Å². The van der Waals surface area contributed by atoms with Crippen molar-refractivity contribution in [3.63, 3.8) is 0 Å². The zero-order chi connectivity index (χ0) is 16.0. The Morgan fingerprint density at radius 1 is 1.48 bits per heavy atom. The lowest BCUT2D eigenvalue weighted by molar-refractivity contribution is -0.385. The molecule has 2 N–H and O–H groups in total. The fourth-order valence-corrected chi connectivity index (χ4v) is 1.76. The maximum absolute atomic E-state index is 11.7. The maximum Gasteiger partial charge on any atom is 0.328 e. The van der Waals surface area contributed by atoms with Crippen molar-refractivity contribution in [3.05, 3.63) is 33.9 Å². The first-order chi connectivity index (χ1) is 9.85. The van der Waals surface area contributed by atoms with Gasteiger partial charge in [0.15, 0.2) is 5.75 Å². The van der Waals surface area contributed by atoms with Crippen molar-refractivity contribution < 1.29 is 24.4 Å². The summed E-state index contributed by atoms with van der Waals surface area (Å²) in [6.07, 6.45) is 0.0273. The first kappa shape index (κ1) is 16.4. The van der Waals surface area contributed by atoms with Crippen molar-refractivity contribution in [2.45, 2.75) is 26.3 Å². The number of nitro benzene ring substituents is 1. The van der Waals surface area contributed by atoms with Gasteiger partial charge in [0.1, 0.15) is 6.04 Å². The van der Waals surface area contributed by atoms with Crippen LogP contribution in [0.4, 0.5) is 5.69 Å². The highest BCUT2D eigenvalue weighted by atomic mass is 16.6. The molecule has 0 saturated heterocycles. The molecule has 0 heterocycles. The highest BCUT2D eigenvalue weighted by molar-refractivity contribution is 5.83. The number of carbonyl (C=O) groups is 2. The summed E-state index contributed by atoms with van der Waals surface area (Å²) in [7, 11) is 0. The summed E-state index contributed by atoms with van der Waals surface area (Å²) in [6, 6.07) is 2.83. The summed E-state index contributed by atoms with van der Waals surface area (Å²) in [4.78, 5) is 32.9. The molecule has 0 aliphatic carbocycles. The first-order valence-electron chi connectivity index (χ1n) is 6.25. The average Bonchev–Trinajstić information content (AvgIpc) is 2.39. The molecule has 1 rings (SSSR count). The lowest BCUT2D eigenvalue weighted by atomic mass is 10.0. The van der Waals surface area contributed by atoms with Crippen molar-refractivity contribution in [2.24, 2.45) is 0 Å². The van der Waals surface area contributed by atoms with E-state index in [9.17, 15) is 24.8 Å². The third-order valence-corrected chi connectivity index (χ3v) is 2.62. The number of amides is 1. The van der Waals surface area contributed by atoms with E-state index in [0.717, 1.165) is 6.07 Å². The Morgan fingerprint density at radius 3 is 2.67 bits per heavy atom. The monoisotopic (exact) mass is 296 g/mol. The highest BCUT2D eigenvalue weighted by Crippen LogP contribution is 2.26. The fourth-order valence-electron chi connectivity index (χ4n) is 1.76. The van der Waals surface area contributed by atoms with Crippen molar-refractivity contribution in [1.29, 1.82) is 0 Å². The first-order valence-corrected chi connectivity index (χ1v) is 6.25. The third-order valence-electron chi connectivity index (χ3n) is 2.62. The van der Waals surface area contributed by atoms with E-state index in [2.05, 4.69) is 5.32 Å². The minimum absolute atomic E-state index is 0.0273. The van der Waals surface area contributed by atoms with Gasteiger partial charge >= 0.3 is 11.7 Å². The van der Waals surface area contributed by atoms with Crippen LogP contribution in [0, 0.1) is 10.1 Å². The number of carbonyl (C=O) groups excluding carboxylic acids is 2. The summed E-state index contributed by atoms with van der Waals surface area (Å²) in [5.74, 6) is -1.50. The molecule has 0 fully saturated rings. The lowest BCUT2D eigenvalue weighted by Gasteiger charge is -2.16. The molecular weight excluding hydrogens is 280 g/mol. The number of nitrogens with zero attached hydrogens (tertiary/aromatic N) is 1. The topological polar surface area (TPSA) is 119 Å². The summed E-state index contributed by atoms with van der Waals surface area (Å²) in [6.45, 7) is 3.05. The number of nitrogens with one attached hydrogen (secondary N) is 1. The van der Waals surface area contributed by atoms with E-state index >= 15 is 0 Å². The largest absolute Gasteiger partial charge is 0.502 e. The normalized spacial score (nSPS) is 11.5. The van der Waals surface area contributed by atoms with Crippen LogP contribution in [-0.2, 0) is 20.7 Å². The molecule has 0 spiro atoms. The highest BCUT2D eigenvalue weighted by Gasteiger charge is 2.23. The van der Waals surface area contributed by atoms with Crippen LogP contribution in [0.5, 0.6) is 5.75 Å². The molecule has 1 atom stereocenters. The Hall–Kier alpha value is -2.64. The Balaban J connectivity index is 2.97. The molecule has 1 aromatic carbocycles. The minimum atomic E-state index is -0.938. The predicted molar refractivity (Wildman–Crippen MR) is 72.7 cm³/mol. The van der Waals surface area contributed by atoms with Crippen LogP contribution in [0.25, 0.3) is 0 Å². The Bertz CT molecular complexity index is 558. The van der Waals surface area contributed by atoms with Gasteiger partial charge in [0.05, 0.1) is 11.5 Å². The van der Waals surface area contributed by atoms with Gasteiger partial charge in [-0.2, -0.15) is 0 Å². The van der Waals surface area contributed by atoms with E-state index in [1.54, 1.807) is 6.92 Å². The molecule has 0 saturated carbocycles. The summed E-state index contributed by atoms with van der Waals surface area (Å²) < 4.78 is 4.84. The molecule has 0 bridgehead atoms. The van der Waals surface area contributed by atoms with Crippen LogP contribution in [-0.4, -0.2) is 34.6 Å². The molecule has 1 amide bonds. The fraction of sp³-hybridized carbons (Fsp3) is 0.385. The average molecular weight is 296 g/mol. The molecule has 0 aromatic heterocycles. The van der Waals surface area contributed by atoms with Crippen LogP contribution >= 0.6 is 0 Å². The number of hydrogen-bond acceptors (Lipinski definition) is 6. The van der Waals surface area contributed by atoms with Crippen LogP contribution in [0.1, 0.15) is 19.4 Å². The number of benzene rings is 1. The van der Waals surface area contributed by atoms with Gasteiger partial charge in [-0.1, -0.05) is 6.07 Å². The molecular formula is C13H16N2O6. The number of nitro groups is 1. The second-order valence-electron chi connectivity index (χ2n) is 4.29. The molecule has 0 aliphatic heterocycles. The Morgan fingerprint density at radius 2 is 2.14 bits per heavy atom. The Kier molecular flexibility index (Phi) is 5.65. The smallest absolute Gasteiger partial charge is 0.328 e. The van der Waals surface area contributed by atoms with E-state index in [4.69, 9.17) is 4.74 Å². The molecule has 0 aliphatic rings. The van der Waals surface area contributed by atoms with Gasteiger partial charge in [-0.05, 0) is 18.6 Å². The molecule has 8 nitrogen and oxygen atoms in total. The minimum Gasteiger partial charge on any atom is -0.502 e. The van der Waals surface area contributed by atoms with Gasteiger partial charge < -0.3 is 15.2 Å². The summed E-state index contributed by atoms with van der Waals surface area (Å²) in [5, 5.41) is 22.6. The van der Waals surface area contributed by atoms with Gasteiger partial charge in [-0.3, -0.25) is 14.9 Å².